The molecule has 4 amide bonds. The van der Waals surface area contributed by atoms with Crippen LogP contribution in [0.4, 0.5) is 14.9 Å². The van der Waals surface area contributed by atoms with Crippen molar-refractivity contribution in [2.45, 2.75) is 25.9 Å². The van der Waals surface area contributed by atoms with E-state index in [1.165, 1.54) is 34.1 Å². The van der Waals surface area contributed by atoms with Crippen LogP contribution in [0.3, 0.4) is 0 Å². The van der Waals surface area contributed by atoms with Crippen molar-refractivity contribution in [3.05, 3.63) is 66.0 Å². The summed E-state index contributed by atoms with van der Waals surface area (Å²) in [6, 6.07) is 13.3. The summed E-state index contributed by atoms with van der Waals surface area (Å²) in [5, 5.41) is 0. The lowest BCUT2D eigenvalue weighted by molar-refractivity contribution is -0.137. The molecule has 3 rings (SSSR count). The molecule has 2 aromatic rings. The largest absolute Gasteiger partial charge is 0.337 e. The number of imide groups is 1. The zero-order valence-corrected chi connectivity index (χ0v) is 16.0. The van der Waals surface area contributed by atoms with Crippen LogP contribution in [-0.2, 0) is 9.59 Å². The van der Waals surface area contributed by atoms with E-state index in [4.69, 9.17) is 0 Å². The Labute approximate surface area is 163 Å². The SMILES string of the molecule is CC(c1ccccc1)N(C)C(=O)CN1C(=O)C(C)N(c2ccc(F)cc2)C1=O. The van der Waals surface area contributed by atoms with E-state index in [0.29, 0.717) is 5.69 Å². The number of carbonyl (C=O) groups excluding carboxylic acids is 3. The molecule has 0 aliphatic carbocycles. The molecule has 0 aromatic heterocycles. The highest BCUT2D eigenvalue weighted by atomic mass is 19.1. The summed E-state index contributed by atoms with van der Waals surface area (Å²) >= 11 is 0. The zero-order chi connectivity index (χ0) is 20.4. The van der Waals surface area contributed by atoms with Gasteiger partial charge in [-0.25, -0.2) is 9.18 Å². The first-order valence-corrected chi connectivity index (χ1v) is 9.02. The van der Waals surface area contributed by atoms with Gasteiger partial charge in [0.05, 0.1) is 6.04 Å². The molecule has 146 valence electrons. The number of hydrogen-bond acceptors (Lipinski definition) is 3. The second kappa shape index (κ2) is 7.80. The molecule has 0 radical (unpaired) electrons. The highest BCUT2D eigenvalue weighted by molar-refractivity contribution is 6.15. The first-order valence-electron chi connectivity index (χ1n) is 9.02. The standard InChI is InChI=1S/C21H22FN3O3/c1-14(16-7-5-4-6-8-16)23(3)19(26)13-24-20(27)15(2)25(21(24)28)18-11-9-17(22)10-12-18/h4-12,14-15H,13H2,1-3H3. The summed E-state index contributed by atoms with van der Waals surface area (Å²) in [6.07, 6.45) is 0. The van der Waals surface area contributed by atoms with Crippen molar-refractivity contribution in [3.63, 3.8) is 0 Å². The Kier molecular flexibility index (Phi) is 5.44. The lowest BCUT2D eigenvalue weighted by Crippen LogP contribution is -2.43. The monoisotopic (exact) mass is 383 g/mol. The second-order valence-corrected chi connectivity index (χ2v) is 6.82. The Bertz CT molecular complexity index is 886. The van der Waals surface area contributed by atoms with Gasteiger partial charge in [0.15, 0.2) is 0 Å². The fourth-order valence-electron chi connectivity index (χ4n) is 3.23. The zero-order valence-electron chi connectivity index (χ0n) is 16.0. The number of amides is 4. The molecule has 0 bridgehead atoms. The molecular formula is C21H22FN3O3. The lowest BCUT2D eigenvalue weighted by Gasteiger charge is -2.27. The Morgan fingerprint density at radius 3 is 2.32 bits per heavy atom. The van der Waals surface area contributed by atoms with Crippen molar-refractivity contribution < 1.29 is 18.8 Å². The molecule has 1 heterocycles. The molecule has 2 atom stereocenters. The quantitative estimate of drug-likeness (QED) is 0.745. The third kappa shape index (κ3) is 3.60. The minimum Gasteiger partial charge on any atom is -0.337 e. The second-order valence-electron chi connectivity index (χ2n) is 6.82. The predicted molar refractivity (Wildman–Crippen MR) is 103 cm³/mol. The first kappa shape index (κ1) is 19.5. The molecule has 1 aliphatic heterocycles. The first-order chi connectivity index (χ1) is 13.3. The van der Waals surface area contributed by atoms with Gasteiger partial charge in [0.1, 0.15) is 18.4 Å². The summed E-state index contributed by atoms with van der Waals surface area (Å²) in [6.45, 7) is 3.13. The van der Waals surface area contributed by atoms with E-state index in [1.807, 2.05) is 37.3 Å². The van der Waals surface area contributed by atoms with Crippen LogP contribution in [0.2, 0.25) is 0 Å². The Morgan fingerprint density at radius 1 is 1.11 bits per heavy atom. The fraction of sp³-hybridized carbons (Fsp3) is 0.286. The summed E-state index contributed by atoms with van der Waals surface area (Å²) in [7, 11) is 1.65. The third-order valence-electron chi connectivity index (χ3n) is 5.10. The van der Waals surface area contributed by atoms with Crippen molar-refractivity contribution in [1.82, 2.24) is 9.80 Å². The van der Waals surface area contributed by atoms with Gasteiger partial charge < -0.3 is 4.90 Å². The smallest absolute Gasteiger partial charge is 0.332 e. The third-order valence-corrected chi connectivity index (χ3v) is 5.10. The molecule has 2 aromatic carbocycles. The van der Waals surface area contributed by atoms with E-state index in [9.17, 15) is 18.8 Å². The van der Waals surface area contributed by atoms with Crippen LogP contribution in [0, 0.1) is 5.82 Å². The Hall–Kier alpha value is -3.22. The predicted octanol–water partition coefficient (Wildman–Crippen LogP) is 3.20. The van der Waals surface area contributed by atoms with Crippen LogP contribution in [0.25, 0.3) is 0 Å². The van der Waals surface area contributed by atoms with E-state index in [-0.39, 0.29) is 18.5 Å². The average Bonchev–Trinajstić information content (AvgIpc) is 2.91. The van der Waals surface area contributed by atoms with Crippen molar-refractivity contribution in [3.8, 4) is 0 Å². The molecule has 0 spiro atoms. The maximum absolute atomic E-state index is 13.2. The summed E-state index contributed by atoms with van der Waals surface area (Å²) < 4.78 is 13.2. The van der Waals surface area contributed by atoms with Gasteiger partial charge in [0.25, 0.3) is 5.91 Å². The number of anilines is 1. The number of halogens is 1. The highest BCUT2D eigenvalue weighted by Gasteiger charge is 2.44. The number of rotatable bonds is 5. The van der Waals surface area contributed by atoms with Crippen molar-refractivity contribution >= 4 is 23.5 Å². The normalized spacial score (nSPS) is 17.8. The molecule has 7 heteroatoms. The summed E-state index contributed by atoms with van der Waals surface area (Å²) in [4.78, 5) is 41.8. The van der Waals surface area contributed by atoms with Crippen LogP contribution in [0.1, 0.15) is 25.5 Å². The van der Waals surface area contributed by atoms with Crippen LogP contribution < -0.4 is 4.90 Å². The maximum atomic E-state index is 13.2. The highest BCUT2D eigenvalue weighted by Crippen LogP contribution is 2.26. The summed E-state index contributed by atoms with van der Waals surface area (Å²) in [5.74, 6) is -1.23. The molecule has 1 fully saturated rings. The molecule has 1 saturated heterocycles. The minimum absolute atomic E-state index is 0.202. The molecular weight excluding hydrogens is 361 g/mol. The topological polar surface area (TPSA) is 60.9 Å². The maximum Gasteiger partial charge on any atom is 0.332 e. The van der Waals surface area contributed by atoms with Crippen molar-refractivity contribution in [2.24, 2.45) is 0 Å². The van der Waals surface area contributed by atoms with E-state index in [1.54, 1.807) is 14.0 Å². The number of hydrogen-bond donors (Lipinski definition) is 0. The molecule has 6 nitrogen and oxygen atoms in total. The lowest BCUT2D eigenvalue weighted by atomic mass is 10.1. The number of nitrogens with zero attached hydrogens (tertiary/aromatic N) is 3. The fourth-order valence-corrected chi connectivity index (χ4v) is 3.23. The summed E-state index contributed by atoms with van der Waals surface area (Å²) in [5.41, 5.74) is 1.37. The molecule has 28 heavy (non-hydrogen) atoms. The van der Waals surface area contributed by atoms with E-state index in [0.717, 1.165) is 10.5 Å². The van der Waals surface area contributed by atoms with Gasteiger partial charge >= 0.3 is 6.03 Å². The number of urea groups is 1. The Balaban J connectivity index is 1.74. The van der Waals surface area contributed by atoms with Crippen molar-refractivity contribution in [1.29, 1.82) is 0 Å². The molecule has 2 unspecified atom stereocenters. The van der Waals surface area contributed by atoms with Crippen LogP contribution in [0.5, 0.6) is 0 Å². The van der Waals surface area contributed by atoms with Gasteiger partial charge in [-0.15, -0.1) is 0 Å². The van der Waals surface area contributed by atoms with E-state index >= 15 is 0 Å². The van der Waals surface area contributed by atoms with Crippen LogP contribution >= 0.6 is 0 Å². The number of carbonyl (C=O) groups is 3. The number of likely N-dealkylation sites (N-methyl/N-ethyl adjacent to an activating group) is 1. The molecule has 1 aliphatic rings. The molecule has 0 N–H and O–H groups in total. The average molecular weight is 383 g/mol. The Morgan fingerprint density at radius 2 is 1.71 bits per heavy atom. The number of benzene rings is 2. The van der Waals surface area contributed by atoms with Crippen molar-refractivity contribution in [2.75, 3.05) is 18.5 Å². The van der Waals surface area contributed by atoms with Gasteiger partial charge in [-0.2, -0.15) is 0 Å². The molecule has 0 saturated carbocycles. The van der Waals surface area contributed by atoms with E-state index in [2.05, 4.69) is 0 Å². The van der Waals surface area contributed by atoms with Gasteiger partial charge in [0, 0.05) is 12.7 Å². The van der Waals surface area contributed by atoms with Gasteiger partial charge in [-0.1, -0.05) is 30.3 Å². The van der Waals surface area contributed by atoms with Gasteiger partial charge in [0.2, 0.25) is 5.91 Å². The minimum atomic E-state index is -0.761. The van der Waals surface area contributed by atoms with Crippen LogP contribution in [0.15, 0.2) is 54.6 Å². The van der Waals surface area contributed by atoms with Crippen LogP contribution in [-0.4, -0.2) is 47.3 Å². The van der Waals surface area contributed by atoms with E-state index < -0.39 is 23.8 Å². The van der Waals surface area contributed by atoms with Gasteiger partial charge in [-0.3, -0.25) is 19.4 Å². The van der Waals surface area contributed by atoms with Gasteiger partial charge in [-0.05, 0) is 43.7 Å².